The van der Waals surface area contributed by atoms with E-state index >= 15 is 0 Å². The largest absolute Gasteiger partial charge is 0.307 e. The molecule has 0 saturated carbocycles. The quantitative estimate of drug-likeness (QED) is 0.558. The molecule has 2 atom stereocenters. The maximum atomic E-state index is 10.7. The van der Waals surface area contributed by atoms with Gasteiger partial charge in [0.05, 0.1) is 6.04 Å². The zero-order chi connectivity index (χ0) is 6.85. The topological polar surface area (TPSA) is 29.1 Å². The number of rotatable bonds is 1. The minimum Gasteiger partial charge on any atom is -0.307 e. The van der Waals surface area contributed by atoms with E-state index in [4.69, 9.17) is 0 Å². The second-order valence-corrected chi connectivity index (χ2v) is 2.91. The van der Waals surface area contributed by atoms with E-state index in [1.165, 1.54) is 0 Å². The monoisotopic (exact) mass is 127 g/mol. The third kappa shape index (κ3) is 1.52. The van der Waals surface area contributed by atoms with Gasteiger partial charge in [-0.3, -0.25) is 4.79 Å². The molecular weight excluding hydrogens is 114 g/mol. The van der Waals surface area contributed by atoms with Gasteiger partial charge in [-0.2, -0.15) is 0 Å². The number of Topliss-reactive ketones (excluding diaryl/α,β-unsaturated/α-hetero) is 1. The third-order valence-corrected chi connectivity index (χ3v) is 1.84. The zero-order valence-electron chi connectivity index (χ0n) is 5.98. The van der Waals surface area contributed by atoms with Crippen LogP contribution in [0.1, 0.15) is 20.3 Å². The lowest BCUT2D eigenvalue weighted by Gasteiger charge is -2.02. The molecule has 2 heteroatoms. The minimum atomic E-state index is 0.153. The lowest BCUT2D eigenvalue weighted by atomic mass is 10.1. The van der Waals surface area contributed by atoms with Gasteiger partial charge in [-0.1, -0.05) is 6.92 Å². The van der Waals surface area contributed by atoms with E-state index in [0.29, 0.717) is 5.92 Å². The average Bonchev–Trinajstić information content (AvgIpc) is 2.14. The summed E-state index contributed by atoms with van der Waals surface area (Å²) in [5.41, 5.74) is 0. The molecule has 2 nitrogen and oxygen atoms in total. The summed E-state index contributed by atoms with van der Waals surface area (Å²) < 4.78 is 0. The molecule has 1 heterocycles. The minimum absolute atomic E-state index is 0.153. The van der Waals surface area contributed by atoms with Gasteiger partial charge in [-0.25, -0.2) is 0 Å². The summed E-state index contributed by atoms with van der Waals surface area (Å²) in [6.45, 7) is 4.82. The molecule has 0 bridgehead atoms. The molecule has 0 aromatic rings. The van der Waals surface area contributed by atoms with E-state index < -0.39 is 0 Å². The lowest BCUT2D eigenvalue weighted by Crippen LogP contribution is -2.28. The average molecular weight is 127 g/mol. The van der Waals surface area contributed by atoms with Gasteiger partial charge < -0.3 is 5.32 Å². The van der Waals surface area contributed by atoms with Crippen LogP contribution in [0.5, 0.6) is 0 Å². The Morgan fingerprint density at radius 3 is 2.56 bits per heavy atom. The fourth-order valence-electron chi connectivity index (χ4n) is 1.22. The Morgan fingerprint density at radius 1 is 1.67 bits per heavy atom. The van der Waals surface area contributed by atoms with E-state index in [2.05, 4.69) is 12.2 Å². The van der Waals surface area contributed by atoms with Crippen LogP contribution in [0.15, 0.2) is 0 Å². The molecule has 9 heavy (non-hydrogen) atoms. The van der Waals surface area contributed by atoms with Gasteiger partial charge in [0.15, 0.2) is 0 Å². The Balaban J connectivity index is 2.39. The van der Waals surface area contributed by atoms with Gasteiger partial charge in [0.2, 0.25) is 0 Å². The van der Waals surface area contributed by atoms with Crippen LogP contribution in [0, 0.1) is 5.92 Å². The summed E-state index contributed by atoms with van der Waals surface area (Å²) in [5.74, 6) is 0.957. The smallest absolute Gasteiger partial charge is 0.146 e. The first kappa shape index (κ1) is 6.75. The standard InChI is InChI=1S/C7H13NO/c1-5-3-7(6(2)9)8-4-5/h5,7-8H,3-4H2,1-2H3/t5-,7?/m0/s1. The van der Waals surface area contributed by atoms with Gasteiger partial charge in [0.1, 0.15) is 5.78 Å². The SMILES string of the molecule is CC(=O)C1C[C@H](C)CN1. The van der Waals surface area contributed by atoms with Crippen LogP contribution in [-0.4, -0.2) is 18.4 Å². The summed E-state index contributed by atoms with van der Waals surface area (Å²) in [7, 11) is 0. The van der Waals surface area contributed by atoms with E-state index in [1.54, 1.807) is 6.92 Å². The highest BCUT2D eigenvalue weighted by atomic mass is 16.1. The predicted octanol–water partition coefficient (Wildman–Crippen LogP) is 0.573. The molecule has 1 aliphatic heterocycles. The van der Waals surface area contributed by atoms with Crippen LogP contribution in [-0.2, 0) is 4.79 Å². The molecule has 0 radical (unpaired) electrons. The van der Waals surface area contributed by atoms with E-state index in [-0.39, 0.29) is 11.8 Å². The second-order valence-electron chi connectivity index (χ2n) is 2.91. The van der Waals surface area contributed by atoms with Gasteiger partial charge in [0.25, 0.3) is 0 Å². The van der Waals surface area contributed by atoms with E-state index in [1.807, 2.05) is 0 Å². The Morgan fingerprint density at radius 2 is 2.33 bits per heavy atom. The first-order chi connectivity index (χ1) is 4.20. The third-order valence-electron chi connectivity index (χ3n) is 1.84. The van der Waals surface area contributed by atoms with Crippen molar-refractivity contribution in [2.45, 2.75) is 26.3 Å². The van der Waals surface area contributed by atoms with Gasteiger partial charge >= 0.3 is 0 Å². The summed E-state index contributed by atoms with van der Waals surface area (Å²) in [6, 6.07) is 0.153. The molecule has 1 rings (SSSR count). The number of nitrogens with one attached hydrogen (secondary N) is 1. The molecule has 1 fully saturated rings. The molecule has 1 saturated heterocycles. The van der Waals surface area contributed by atoms with Gasteiger partial charge in [0, 0.05) is 0 Å². The van der Waals surface area contributed by atoms with Crippen LogP contribution < -0.4 is 5.32 Å². The highest BCUT2D eigenvalue weighted by Gasteiger charge is 2.23. The molecule has 0 aromatic heterocycles. The Labute approximate surface area is 55.6 Å². The molecule has 1 N–H and O–H groups in total. The Kier molecular flexibility index (Phi) is 1.86. The van der Waals surface area contributed by atoms with Crippen molar-refractivity contribution < 1.29 is 4.79 Å². The Bertz CT molecular complexity index is 122. The molecule has 1 aliphatic rings. The summed E-state index contributed by atoms with van der Waals surface area (Å²) in [6.07, 6.45) is 1.02. The highest BCUT2D eigenvalue weighted by Crippen LogP contribution is 2.12. The van der Waals surface area contributed by atoms with Crippen molar-refractivity contribution in [1.29, 1.82) is 0 Å². The number of carbonyl (C=O) groups excluding carboxylic acids is 1. The van der Waals surface area contributed by atoms with E-state index in [0.717, 1.165) is 13.0 Å². The number of hydrogen-bond acceptors (Lipinski definition) is 2. The van der Waals surface area contributed by atoms with Crippen LogP contribution in [0.2, 0.25) is 0 Å². The molecule has 0 aliphatic carbocycles. The zero-order valence-corrected chi connectivity index (χ0v) is 5.98. The van der Waals surface area contributed by atoms with E-state index in [9.17, 15) is 4.79 Å². The molecule has 1 unspecified atom stereocenters. The van der Waals surface area contributed by atoms with Crippen molar-refractivity contribution in [1.82, 2.24) is 5.32 Å². The summed E-state index contributed by atoms with van der Waals surface area (Å²) in [5, 5.41) is 3.16. The van der Waals surface area contributed by atoms with Crippen molar-refractivity contribution in [2.24, 2.45) is 5.92 Å². The molecule has 0 amide bonds. The molecule has 52 valence electrons. The van der Waals surface area contributed by atoms with Crippen molar-refractivity contribution in [3.63, 3.8) is 0 Å². The number of ketones is 1. The van der Waals surface area contributed by atoms with Gasteiger partial charge in [-0.05, 0) is 25.8 Å². The molecular formula is C7H13NO. The van der Waals surface area contributed by atoms with Crippen LogP contribution in [0.25, 0.3) is 0 Å². The summed E-state index contributed by atoms with van der Waals surface area (Å²) in [4.78, 5) is 10.7. The maximum Gasteiger partial charge on any atom is 0.146 e. The van der Waals surface area contributed by atoms with Crippen molar-refractivity contribution in [2.75, 3.05) is 6.54 Å². The maximum absolute atomic E-state index is 10.7. The van der Waals surface area contributed by atoms with Crippen molar-refractivity contribution >= 4 is 5.78 Å². The van der Waals surface area contributed by atoms with Crippen molar-refractivity contribution in [3.05, 3.63) is 0 Å². The molecule has 0 aromatic carbocycles. The second kappa shape index (κ2) is 2.48. The van der Waals surface area contributed by atoms with Crippen molar-refractivity contribution in [3.8, 4) is 0 Å². The highest BCUT2D eigenvalue weighted by molar-refractivity contribution is 5.81. The first-order valence-corrected chi connectivity index (χ1v) is 3.44. The number of carbonyl (C=O) groups is 1. The summed E-state index contributed by atoms with van der Waals surface area (Å²) >= 11 is 0. The first-order valence-electron chi connectivity index (χ1n) is 3.44. The van der Waals surface area contributed by atoms with Crippen LogP contribution in [0.4, 0.5) is 0 Å². The fourth-order valence-corrected chi connectivity index (χ4v) is 1.22. The fraction of sp³-hybridized carbons (Fsp3) is 0.857. The normalized spacial score (nSPS) is 34.9. The molecule has 0 spiro atoms. The number of hydrogen-bond donors (Lipinski definition) is 1. The predicted molar refractivity (Wildman–Crippen MR) is 36.3 cm³/mol. The van der Waals surface area contributed by atoms with Gasteiger partial charge in [-0.15, -0.1) is 0 Å². The Hall–Kier alpha value is -0.370. The van der Waals surface area contributed by atoms with Crippen LogP contribution in [0.3, 0.4) is 0 Å². The van der Waals surface area contributed by atoms with Crippen LogP contribution >= 0.6 is 0 Å². The lowest BCUT2D eigenvalue weighted by molar-refractivity contribution is -0.118.